The summed E-state index contributed by atoms with van der Waals surface area (Å²) in [7, 11) is -3.91. The highest BCUT2D eigenvalue weighted by atomic mass is 35.5. The van der Waals surface area contributed by atoms with E-state index in [0.717, 1.165) is 0 Å². The fourth-order valence-corrected chi connectivity index (χ4v) is 4.72. The van der Waals surface area contributed by atoms with Crippen molar-refractivity contribution >= 4 is 51.0 Å². The van der Waals surface area contributed by atoms with Gasteiger partial charge in [0.05, 0.1) is 15.6 Å². The van der Waals surface area contributed by atoms with Crippen LogP contribution in [0.5, 0.6) is 0 Å². The van der Waals surface area contributed by atoms with Gasteiger partial charge in [0.15, 0.2) is 0 Å². The molecule has 9 heteroatoms. The van der Waals surface area contributed by atoms with Gasteiger partial charge in [0.2, 0.25) is 10.0 Å². The Morgan fingerprint density at radius 3 is 2.52 bits per heavy atom. The van der Waals surface area contributed by atoms with E-state index in [9.17, 15) is 13.2 Å². The number of carboxylic acids is 1. The average molecular weight is 372 g/mol. The molecule has 21 heavy (non-hydrogen) atoms. The first-order valence-electron chi connectivity index (χ1n) is 5.97. The number of benzene rings is 1. The highest BCUT2D eigenvalue weighted by Gasteiger charge is 2.26. The van der Waals surface area contributed by atoms with Crippen molar-refractivity contribution in [1.29, 1.82) is 0 Å². The first-order valence-corrected chi connectivity index (χ1v) is 9.60. The van der Waals surface area contributed by atoms with Crippen LogP contribution >= 0.6 is 35.0 Å². The van der Waals surface area contributed by atoms with E-state index in [1.165, 1.54) is 23.9 Å². The predicted octanol–water partition coefficient (Wildman–Crippen LogP) is 3.11. The van der Waals surface area contributed by atoms with Crippen molar-refractivity contribution in [1.82, 2.24) is 4.72 Å². The first kappa shape index (κ1) is 18.6. The first-order chi connectivity index (χ1) is 9.74. The van der Waals surface area contributed by atoms with E-state index >= 15 is 0 Å². The second kappa shape index (κ2) is 7.69. The molecule has 0 saturated heterocycles. The van der Waals surface area contributed by atoms with Gasteiger partial charge in [-0.05, 0) is 24.8 Å². The zero-order valence-corrected chi connectivity index (χ0v) is 14.5. The fraction of sp³-hybridized carbons (Fsp3) is 0.417. The standard InChI is InChI=1S/C12H15Cl2NO4S2/c1-3-7(6-20-2)15-21(18,19)9-5-4-8(13)10(11(9)14)12(16)17/h4-5,7,15H,3,6H2,1-2H3,(H,16,17). The summed E-state index contributed by atoms with van der Waals surface area (Å²) in [5.74, 6) is -0.773. The van der Waals surface area contributed by atoms with Crippen LogP contribution in [0.1, 0.15) is 23.7 Å². The minimum Gasteiger partial charge on any atom is -0.478 e. The van der Waals surface area contributed by atoms with Crippen LogP contribution in [0, 0.1) is 0 Å². The third-order valence-electron chi connectivity index (χ3n) is 2.74. The summed E-state index contributed by atoms with van der Waals surface area (Å²) >= 11 is 13.2. The Morgan fingerprint density at radius 2 is 2.05 bits per heavy atom. The lowest BCUT2D eigenvalue weighted by atomic mass is 10.2. The van der Waals surface area contributed by atoms with Crippen LogP contribution in [0.4, 0.5) is 0 Å². The third kappa shape index (κ3) is 4.50. The second-order valence-corrected chi connectivity index (χ2v) is 7.60. The van der Waals surface area contributed by atoms with Crippen LogP contribution in [0.25, 0.3) is 0 Å². The average Bonchev–Trinajstić information content (AvgIpc) is 2.37. The number of thioether (sulfide) groups is 1. The van der Waals surface area contributed by atoms with Gasteiger partial charge in [-0.2, -0.15) is 11.8 Å². The normalized spacial score (nSPS) is 13.1. The molecule has 5 nitrogen and oxygen atoms in total. The fourth-order valence-electron chi connectivity index (χ4n) is 1.66. The van der Waals surface area contributed by atoms with Crippen molar-refractivity contribution in [2.24, 2.45) is 0 Å². The molecular weight excluding hydrogens is 357 g/mol. The summed E-state index contributed by atoms with van der Waals surface area (Å²) in [6.07, 6.45) is 2.48. The number of aromatic carboxylic acids is 1. The van der Waals surface area contributed by atoms with E-state index in [1.54, 1.807) is 0 Å². The van der Waals surface area contributed by atoms with Crippen molar-refractivity contribution in [3.8, 4) is 0 Å². The van der Waals surface area contributed by atoms with E-state index in [-0.39, 0.29) is 21.0 Å². The summed E-state index contributed by atoms with van der Waals surface area (Å²) in [5, 5.41) is 8.57. The lowest BCUT2D eigenvalue weighted by Gasteiger charge is -2.17. The number of carbonyl (C=O) groups is 1. The minimum absolute atomic E-state index is 0.109. The molecule has 1 aromatic carbocycles. The van der Waals surface area contributed by atoms with E-state index in [1.807, 2.05) is 13.2 Å². The molecule has 0 spiro atoms. The molecule has 1 unspecified atom stereocenters. The van der Waals surface area contributed by atoms with Crippen LogP contribution in [0.3, 0.4) is 0 Å². The Labute approximate surface area is 138 Å². The molecule has 0 saturated carbocycles. The molecule has 0 aliphatic carbocycles. The number of sulfonamides is 1. The molecule has 0 aromatic heterocycles. The van der Waals surface area contributed by atoms with Gasteiger partial charge in [0.25, 0.3) is 0 Å². The van der Waals surface area contributed by atoms with Crippen LogP contribution in [0.15, 0.2) is 17.0 Å². The third-order valence-corrected chi connectivity index (χ3v) is 5.86. The van der Waals surface area contributed by atoms with Crippen molar-refractivity contribution in [2.75, 3.05) is 12.0 Å². The summed E-state index contributed by atoms with van der Waals surface area (Å²) in [4.78, 5) is 10.8. The summed E-state index contributed by atoms with van der Waals surface area (Å²) in [6.45, 7) is 1.86. The van der Waals surface area contributed by atoms with Crippen molar-refractivity contribution in [3.05, 3.63) is 27.7 Å². The second-order valence-electron chi connectivity index (χ2n) is 4.22. The number of hydrogen-bond donors (Lipinski definition) is 2. The van der Waals surface area contributed by atoms with Crippen LogP contribution in [-0.4, -0.2) is 37.5 Å². The van der Waals surface area contributed by atoms with Gasteiger partial charge in [-0.1, -0.05) is 30.1 Å². The maximum Gasteiger partial charge on any atom is 0.338 e. The van der Waals surface area contributed by atoms with Gasteiger partial charge in [-0.15, -0.1) is 0 Å². The summed E-state index contributed by atoms with van der Waals surface area (Å²) < 4.78 is 27.2. The van der Waals surface area contributed by atoms with Crippen LogP contribution in [0.2, 0.25) is 10.0 Å². The predicted molar refractivity (Wildman–Crippen MR) is 86.2 cm³/mol. The Balaban J connectivity index is 3.26. The van der Waals surface area contributed by atoms with Gasteiger partial charge < -0.3 is 5.11 Å². The summed E-state index contributed by atoms with van der Waals surface area (Å²) in [6, 6.07) is 2.15. The SMILES string of the molecule is CCC(CSC)NS(=O)(=O)c1ccc(Cl)c(C(=O)O)c1Cl. The highest BCUT2D eigenvalue weighted by molar-refractivity contribution is 7.98. The number of nitrogens with one attached hydrogen (secondary N) is 1. The molecule has 0 fully saturated rings. The number of hydrogen-bond acceptors (Lipinski definition) is 4. The maximum absolute atomic E-state index is 12.3. The molecule has 1 aromatic rings. The molecule has 118 valence electrons. The molecule has 0 aliphatic rings. The molecule has 2 N–H and O–H groups in total. The molecule has 1 rings (SSSR count). The molecule has 0 heterocycles. The van der Waals surface area contributed by atoms with Crippen LogP contribution < -0.4 is 4.72 Å². The van der Waals surface area contributed by atoms with Gasteiger partial charge in [0.1, 0.15) is 4.90 Å². The monoisotopic (exact) mass is 371 g/mol. The molecule has 1 atom stereocenters. The summed E-state index contributed by atoms with van der Waals surface area (Å²) in [5.41, 5.74) is -0.417. The Hall–Kier alpha value is -0.470. The van der Waals surface area contributed by atoms with Gasteiger partial charge in [0, 0.05) is 11.8 Å². The number of carboxylic acid groups (broad SMARTS) is 1. The van der Waals surface area contributed by atoms with Crippen molar-refractivity contribution < 1.29 is 18.3 Å². The van der Waals surface area contributed by atoms with Crippen molar-refractivity contribution in [3.63, 3.8) is 0 Å². The van der Waals surface area contributed by atoms with Gasteiger partial charge >= 0.3 is 5.97 Å². The molecule has 0 radical (unpaired) electrons. The van der Waals surface area contributed by atoms with Crippen molar-refractivity contribution in [2.45, 2.75) is 24.3 Å². The minimum atomic E-state index is -3.91. The van der Waals surface area contributed by atoms with Gasteiger partial charge in [-0.25, -0.2) is 17.9 Å². The van der Waals surface area contributed by atoms with E-state index in [0.29, 0.717) is 12.2 Å². The largest absolute Gasteiger partial charge is 0.478 e. The zero-order valence-electron chi connectivity index (χ0n) is 11.4. The molecule has 0 aliphatic heterocycles. The van der Waals surface area contributed by atoms with E-state index in [2.05, 4.69) is 4.72 Å². The maximum atomic E-state index is 12.3. The zero-order chi connectivity index (χ0) is 16.2. The quantitative estimate of drug-likeness (QED) is 0.769. The Morgan fingerprint density at radius 1 is 1.43 bits per heavy atom. The van der Waals surface area contributed by atoms with E-state index < -0.39 is 21.6 Å². The number of rotatable bonds is 7. The molecular formula is C12H15Cl2NO4S2. The Kier molecular flexibility index (Phi) is 6.80. The van der Waals surface area contributed by atoms with E-state index in [4.69, 9.17) is 28.3 Å². The lowest BCUT2D eigenvalue weighted by Crippen LogP contribution is -2.36. The lowest BCUT2D eigenvalue weighted by molar-refractivity contribution is 0.0697. The topological polar surface area (TPSA) is 83.5 Å². The highest BCUT2D eigenvalue weighted by Crippen LogP contribution is 2.31. The van der Waals surface area contributed by atoms with Gasteiger partial charge in [-0.3, -0.25) is 0 Å². The van der Waals surface area contributed by atoms with Crippen LogP contribution in [-0.2, 0) is 10.0 Å². The Bertz CT molecular complexity index is 634. The number of halogens is 2. The molecule has 0 amide bonds. The molecule has 0 bridgehead atoms. The smallest absolute Gasteiger partial charge is 0.338 e.